The average Bonchev–Trinajstić information content (AvgIpc) is 3.08. The second kappa shape index (κ2) is 8.03. The first-order chi connectivity index (χ1) is 13.5. The molecule has 2 aromatic rings. The third-order valence-corrected chi connectivity index (χ3v) is 6.11. The number of alkyl halides is 3. The van der Waals surface area contributed by atoms with Gasteiger partial charge in [-0.1, -0.05) is 18.2 Å². The molecule has 2 aromatic carbocycles. The van der Waals surface area contributed by atoms with Crippen LogP contribution in [-0.4, -0.2) is 32.4 Å². The summed E-state index contributed by atoms with van der Waals surface area (Å²) >= 11 is 0. The van der Waals surface area contributed by atoms with Gasteiger partial charge in [0.25, 0.3) is 0 Å². The molecule has 6 nitrogen and oxygen atoms in total. The number of benzene rings is 2. The SMILES string of the molecule is O=C(O)C(CNS(=O)(=O)c1ccc(OC(F)(F)F)cc1)c1ccc2c(c1)CCC2. The molecule has 1 aliphatic rings. The maximum Gasteiger partial charge on any atom is 0.573 e. The molecule has 0 aromatic heterocycles. The molecule has 0 heterocycles. The molecule has 0 aliphatic heterocycles. The van der Waals surface area contributed by atoms with E-state index in [9.17, 15) is 31.5 Å². The number of hydrogen-bond donors (Lipinski definition) is 2. The van der Waals surface area contributed by atoms with Gasteiger partial charge >= 0.3 is 12.3 Å². The van der Waals surface area contributed by atoms with Crippen LogP contribution in [0.3, 0.4) is 0 Å². The van der Waals surface area contributed by atoms with Crippen molar-refractivity contribution in [2.24, 2.45) is 0 Å². The van der Waals surface area contributed by atoms with E-state index < -0.39 is 40.6 Å². The summed E-state index contributed by atoms with van der Waals surface area (Å²) in [6, 6.07) is 8.98. The molecule has 0 saturated heterocycles. The first-order valence-corrected chi connectivity index (χ1v) is 10.2. The summed E-state index contributed by atoms with van der Waals surface area (Å²) in [7, 11) is -4.12. The first kappa shape index (κ1) is 21.1. The number of carboxylic acids is 1. The molecule has 0 spiro atoms. The molecule has 29 heavy (non-hydrogen) atoms. The van der Waals surface area contributed by atoms with Crippen molar-refractivity contribution in [2.75, 3.05) is 6.54 Å². The van der Waals surface area contributed by atoms with E-state index in [1.54, 1.807) is 12.1 Å². The second-order valence-electron chi connectivity index (χ2n) is 6.64. The van der Waals surface area contributed by atoms with Gasteiger partial charge < -0.3 is 9.84 Å². The van der Waals surface area contributed by atoms with Gasteiger partial charge in [-0.3, -0.25) is 4.79 Å². The van der Waals surface area contributed by atoms with E-state index in [-0.39, 0.29) is 4.90 Å². The highest BCUT2D eigenvalue weighted by Gasteiger charge is 2.31. The number of fused-ring (bicyclic) bond motifs is 1. The van der Waals surface area contributed by atoms with Crippen LogP contribution in [0.1, 0.15) is 29.0 Å². The molecular weight excluding hydrogens is 411 g/mol. The fourth-order valence-electron chi connectivity index (χ4n) is 3.25. The van der Waals surface area contributed by atoms with Crippen LogP contribution in [0.4, 0.5) is 13.2 Å². The number of carboxylic acid groups (broad SMARTS) is 1. The largest absolute Gasteiger partial charge is 0.573 e. The summed E-state index contributed by atoms with van der Waals surface area (Å²) < 4.78 is 67.3. The number of sulfonamides is 1. The maximum atomic E-state index is 12.4. The van der Waals surface area contributed by atoms with Crippen LogP contribution in [0.2, 0.25) is 0 Å². The molecule has 3 rings (SSSR count). The van der Waals surface area contributed by atoms with Crippen LogP contribution < -0.4 is 9.46 Å². The summed E-state index contributed by atoms with van der Waals surface area (Å²) in [5.74, 6) is -2.83. The molecule has 156 valence electrons. The highest BCUT2D eigenvalue weighted by Crippen LogP contribution is 2.27. The summed E-state index contributed by atoms with van der Waals surface area (Å²) in [5, 5.41) is 9.53. The molecule has 2 N–H and O–H groups in total. The second-order valence-corrected chi connectivity index (χ2v) is 8.41. The van der Waals surface area contributed by atoms with Crippen molar-refractivity contribution in [3.63, 3.8) is 0 Å². The Bertz CT molecular complexity index is 1000. The first-order valence-electron chi connectivity index (χ1n) is 8.75. The standard InChI is InChI=1S/C19H18F3NO5S/c20-19(21,22)28-15-6-8-16(9-7-15)29(26,27)23-11-17(18(24)25)14-5-4-12-2-1-3-13(12)10-14/h4-10,17,23H,1-3,11H2,(H,24,25). The Labute approximate surface area is 165 Å². The van der Waals surface area contributed by atoms with E-state index >= 15 is 0 Å². The molecule has 1 atom stereocenters. The minimum atomic E-state index is -4.89. The Morgan fingerprint density at radius 2 is 1.76 bits per heavy atom. The number of aryl methyl sites for hydroxylation is 2. The molecule has 10 heteroatoms. The van der Waals surface area contributed by atoms with Gasteiger partial charge in [-0.25, -0.2) is 13.1 Å². The lowest BCUT2D eigenvalue weighted by atomic mass is 9.96. The zero-order chi connectivity index (χ0) is 21.2. The summed E-state index contributed by atoms with van der Waals surface area (Å²) in [4.78, 5) is 11.4. The van der Waals surface area contributed by atoms with Crippen LogP contribution in [-0.2, 0) is 27.7 Å². The fourth-order valence-corrected chi connectivity index (χ4v) is 4.30. The highest BCUT2D eigenvalue weighted by atomic mass is 32.2. The summed E-state index contributed by atoms with van der Waals surface area (Å²) in [5.41, 5.74) is 2.73. The lowest BCUT2D eigenvalue weighted by Gasteiger charge is -2.16. The van der Waals surface area contributed by atoms with Crippen LogP contribution in [0.5, 0.6) is 5.75 Å². The van der Waals surface area contributed by atoms with E-state index in [4.69, 9.17) is 0 Å². The van der Waals surface area contributed by atoms with Gasteiger partial charge in [-0.15, -0.1) is 13.2 Å². The molecular formula is C19H18F3NO5S. The Morgan fingerprint density at radius 3 is 2.38 bits per heavy atom. The third-order valence-electron chi connectivity index (χ3n) is 4.67. The highest BCUT2D eigenvalue weighted by molar-refractivity contribution is 7.89. The molecule has 0 amide bonds. The van der Waals surface area contributed by atoms with E-state index in [1.807, 2.05) is 6.07 Å². The molecule has 0 fully saturated rings. The predicted molar refractivity (Wildman–Crippen MR) is 97.2 cm³/mol. The molecule has 0 saturated carbocycles. The van der Waals surface area contributed by atoms with Crippen LogP contribution >= 0.6 is 0 Å². The summed E-state index contributed by atoms with van der Waals surface area (Å²) in [6.07, 6.45) is -2.10. The van der Waals surface area contributed by atoms with Crippen LogP contribution in [0.15, 0.2) is 47.4 Å². The van der Waals surface area contributed by atoms with Gasteiger partial charge in [0.15, 0.2) is 0 Å². The number of ether oxygens (including phenoxy) is 1. The average molecular weight is 429 g/mol. The third kappa shape index (κ3) is 5.27. The zero-order valence-corrected chi connectivity index (χ0v) is 15.9. The number of hydrogen-bond acceptors (Lipinski definition) is 4. The van der Waals surface area contributed by atoms with Gasteiger partial charge in [0.2, 0.25) is 10.0 Å². The van der Waals surface area contributed by atoms with Crippen molar-refractivity contribution in [2.45, 2.75) is 36.4 Å². The Kier molecular flexibility index (Phi) is 5.85. The minimum Gasteiger partial charge on any atom is -0.481 e. The van der Waals surface area contributed by atoms with Gasteiger partial charge in [-0.05, 0) is 60.2 Å². The van der Waals surface area contributed by atoms with E-state index in [0.29, 0.717) is 5.56 Å². The minimum absolute atomic E-state index is 0.301. The lowest BCUT2D eigenvalue weighted by Crippen LogP contribution is -2.31. The Morgan fingerprint density at radius 1 is 1.10 bits per heavy atom. The van der Waals surface area contributed by atoms with Crippen molar-refractivity contribution in [1.29, 1.82) is 0 Å². The van der Waals surface area contributed by atoms with Gasteiger partial charge in [0, 0.05) is 6.54 Å². The van der Waals surface area contributed by atoms with E-state index in [0.717, 1.165) is 49.1 Å². The normalized spacial score (nSPS) is 15.0. The van der Waals surface area contributed by atoms with Crippen LogP contribution in [0, 0.1) is 0 Å². The molecule has 0 bridgehead atoms. The number of rotatable bonds is 7. The fraction of sp³-hybridized carbons (Fsp3) is 0.316. The molecule has 0 radical (unpaired) electrons. The number of nitrogens with one attached hydrogen (secondary N) is 1. The predicted octanol–water partition coefficient (Wildman–Crippen LogP) is 3.22. The topological polar surface area (TPSA) is 92.7 Å². The van der Waals surface area contributed by atoms with Crippen molar-refractivity contribution >= 4 is 16.0 Å². The van der Waals surface area contributed by atoms with Crippen molar-refractivity contribution in [3.8, 4) is 5.75 Å². The van der Waals surface area contributed by atoms with Gasteiger partial charge in [-0.2, -0.15) is 0 Å². The van der Waals surface area contributed by atoms with Crippen molar-refractivity contribution in [3.05, 3.63) is 59.2 Å². The van der Waals surface area contributed by atoms with E-state index in [1.165, 1.54) is 5.56 Å². The Balaban J connectivity index is 1.73. The van der Waals surface area contributed by atoms with Crippen LogP contribution in [0.25, 0.3) is 0 Å². The van der Waals surface area contributed by atoms with Gasteiger partial charge in [0.1, 0.15) is 5.75 Å². The quantitative estimate of drug-likeness (QED) is 0.705. The van der Waals surface area contributed by atoms with E-state index in [2.05, 4.69) is 9.46 Å². The number of carbonyl (C=O) groups is 1. The maximum absolute atomic E-state index is 12.4. The number of aliphatic carboxylic acids is 1. The zero-order valence-electron chi connectivity index (χ0n) is 15.1. The molecule has 1 aliphatic carbocycles. The smallest absolute Gasteiger partial charge is 0.481 e. The van der Waals surface area contributed by atoms with Crippen molar-refractivity contribution < 1.29 is 36.2 Å². The monoisotopic (exact) mass is 429 g/mol. The van der Waals surface area contributed by atoms with Crippen molar-refractivity contribution in [1.82, 2.24) is 4.72 Å². The lowest BCUT2D eigenvalue weighted by molar-refractivity contribution is -0.274. The number of halogens is 3. The Hall–Kier alpha value is -2.59. The van der Waals surface area contributed by atoms with Gasteiger partial charge in [0.05, 0.1) is 10.8 Å². The summed E-state index contributed by atoms with van der Waals surface area (Å²) in [6.45, 7) is -0.392. The molecule has 1 unspecified atom stereocenters.